The molecule has 1 fully saturated rings. The van der Waals surface area contributed by atoms with Crippen LogP contribution in [0.15, 0.2) is 0 Å². The number of rotatable bonds is 2. The van der Waals surface area contributed by atoms with Gasteiger partial charge in [0.15, 0.2) is 0 Å². The lowest BCUT2D eigenvalue weighted by atomic mass is 9.91. The van der Waals surface area contributed by atoms with E-state index < -0.39 is 5.60 Å². The lowest BCUT2D eigenvalue weighted by molar-refractivity contribution is -0.186. The predicted molar refractivity (Wildman–Crippen MR) is 52.4 cm³/mol. The molecule has 0 radical (unpaired) electrons. The average molecular weight is 196 g/mol. The summed E-state index contributed by atoms with van der Waals surface area (Å²) in [6, 6.07) is 0. The molecule has 0 aliphatic carbocycles. The van der Waals surface area contributed by atoms with Crippen LogP contribution in [0.2, 0.25) is 0 Å². The van der Waals surface area contributed by atoms with Crippen molar-refractivity contribution in [2.75, 3.05) is 6.61 Å². The first kappa shape index (κ1) is 11.1. The molecule has 1 aliphatic rings. The molecule has 0 spiro atoms. The number of ether oxygens (including phenoxy) is 1. The van der Waals surface area contributed by atoms with Gasteiger partial charge in [-0.1, -0.05) is 11.8 Å². The largest absolute Gasteiger partial charge is 0.458 e. The topological polar surface area (TPSA) is 46.5 Å². The number of esters is 1. The van der Waals surface area contributed by atoms with Crippen LogP contribution in [0, 0.1) is 17.3 Å². The van der Waals surface area contributed by atoms with Crippen LogP contribution in [0.25, 0.3) is 0 Å². The molecule has 0 unspecified atom stereocenters. The SMILES string of the molecule is CC(C)(C#CC[C@]1(C)CC(=O)O1)CO. The second-order valence-corrected chi connectivity index (χ2v) is 4.62. The molecule has 1 atom stereocenters. The van der Waals surface area contributed by atoms with Gasteiger partial charge >= 0.3 is 5.97 Å². The van der Waals surface area contributed by atoms with E-state index in [0.717, 1.165) is 0 Å². The number of carbonyl (C=O) groups is 1. The third-order valence-corrected chi connectivity index (χ3v) is 2.16. The van der Waals surface area contributed by atoms with Gasteiger partial charge in [-0.25, -0.2) is 0 Å². The number of hydrogen-bond donors (Lipinski definition) is 1. The van der Waals surface area contributed by atoms with Gasteiger partial charge in [0.25, 0.3) is 0 Å². The summed E-state index contributed by atoms with van der Waals surface area (Å²) in [7, 11) is 0. The molecular weight excluding hydrogens is 180 g/mol. The second-order valence-electron chi connectivity index (χ2n) is 4.62. The van der Waals surface area contributed by atoms with Crippen molar-refractivity contribution in [1.82, 2.24) is 0 Å². The molecule has 14 heavy (non-hydrogen) atoms. The molecule has 0 aromatic carbocycles. The molecule has 1 rings (SSSR count). The second kappa shape index (κ2) is 3.62. The van der Waals surface area contributed by atoms with Crippen LogP contribution < -0.4 is 0 Å². The summed E-state index contributed by atoms with van der Waals surface area (Å²) >= 11 is 0. The molecule has 0 aromatic heterocycles. The number of aliphatic hydroxyl groups is 1. The van der Waals surface area contributed by atoms with Gasteiger partial charge in [0.2, 0.25) is 0 Å². The normalized spacial score (nSPS) is 25.9. The van der Waals surface area contributed by atoms with Crippen LogP contribution in [-0.2, 0) is 9.53 Å². The Kier molecular flexibility index (Phi) is 2.86. The van der Waals surface area contributed by atoms with Crippen molar-refractivity contribution in [2.24, 2.45) is 5.41 Å². The van der Waals surface area contributed by atoms with Crippen molar-refractivity contribution in [3.63, 3.8) is 0 Å². The molecule has 0 amide bonds. The van der Waals surface area contributed by atoms with E-state index in [4.69, 9.17) is 9.84 Å². The number of carbonyl (C=O) groups excluding carboxylic acids is 1. The zero-order chi connectivity index (χ0) is 10.8. The average Bonchev–Trinajstić information content (AvgIpc) is 2.01. The summed E-state index contributed by atoms with van der Waals surface area (Å²) in [5.74, 6) is 5.75. The van der Waals surface area contributed by atoms with Crippen molar-refractivity contribution in [3.8, 4) is 11.8 Å². The van der Waals surface area contributed by atoms with E-state index in [2.05, 4.69) is 11.8 Å². The highest BCUT2D eigenvalue weighted by Crippen LogP contribution is 2.30. The first-order chi connectivity index (χ1) is 6.37. The lowest BCUT2D eigenvalue weighted by Gasteiger charge is -2.35. The van der Waals surface area contributed by atoms with E-state index in [1.807, 2.05) is 20.8 Å². The van der Waals surface area contributed by atoms with Gasteiger partial charge in [0.1, 0.15) is 5.60 Å². The van der Waals surface area contributed by atoms with Gasteiger partial charge < -0.3 is 9.84 Å². The Balaban J connectivity index is 2.44. The van der Waals surface area contributed by atoms with E-state index in [0.29, 0.717) is 12.8 Å². The molecule has 1 aliphatic heterocycles. The fourth-order valence-electron chi connectivity index (χ4n) is 1.18. The molecule has 1 saturated heterocycles. The van der Waals surface area contributed by atoms with Gasteiger partial charge in [-0.3, -0.25) is 4.79 Å². The van der Waals surface area contributed by atoms with E-state index in [1.54, 1.807) is 0 Å². The van der Waals surface area contributed by atoms with E-state index in [9.17, 15) is 4.79 Å². The smallest absolute Gasteiger partial charge is 0.310 e. The Hall–Kier alpha value is -1.01. The molecule has 1 heterocycles. The third-order valence-electron chi connectivity index (χ3n) is 2.16. The first-order valence-corrected chi connectivity index (χ1v) is 4.70. The van der Waals surface area contributed by atoms with Crippen LogP contribution >= 0.6 is 0 Å². The van der Waals surface area contributed by atoms with Crippen molar-refractivity contribution in [3.05, 3.63) is 0 Å². The molecule has 3 heteroatoms. The molecule has 0 aromatic rings. The highest BCUT2D eigenvalue weighted by atomic mass is 16.6. The molecule has 78 valence electrons. The van der Waals surface area contributed by atoms with Crippen LogP contribution in [0.1, 0.15) is 33.6 Å². The van der Waals surface area contributed by atoms with Crippen molar-refractivity contribution in [1.29, 1.82) is 0 Å². The number of cyclic esters (lactones) is 1. The summed E-state index contributed by atoms with van der Waals surface area (Å²) in [6.45, 7) is 5.65. The Morgan fingerprint density at radius 2 is 2.21 bits per heavy atom. The Labute approximate surface area is 84.5 Å². The molecular formula is C11H16O3. The van der Waals surface area contributed by atoms with Crippen LogP contribution in [0.4, 0.5) is 0 Å². The van der Waals surface area contributed by atoms with Crippen LogP contribution in [0.3, 0.4) is 0 Å². The minimum absolute atomic E-state index is 0.0382. The summed E-state index contributed by atoms with van der Waals surface area (Å²) in [4.78, 5) is 10.6. The maximum Gasteiger partial charge on any atom is 0.310 e. The fraction of sp³-hybridized carbons (Fsp3) is 0.727. The molecule has 1 N–H and O–H groups in total. The van der Waals surface area contributed by atoms with Gasteiger partial charge in [-0.15, -0.1) is 0 Å². The Bertz CT molecular complexity index is 285. The Morgan fingerprint density at radius 3 is 2.64 bits per heavy atom. The molecule has 3 nitrogen and oxygen atoms in total. The highest BCUT2D eigenvalue weighted by Gasteiger charge is 2.40. The minimum atomic E-state index is -0.393. The van der Waals surface area contributed by atoms with Gasteiger partial charge in [-0.05, 0) is 20.8 Å². The first-order valence-electron chi connectivity index (χ1n) is 4.70. The van der Waals surface area contributed by atoms with Gasteiger partial charge in [0, 0.05) is 11.8 Å². The minimum Gasteiger partial charge on any atom is -0.458 e. The standard InChI is InChI=1S/C11H16O3/c1-10(2,8-12)5-4-6-11(3)7-9(13)14-11/h12H,6-8H2,1-3H3/t11-/m1/s1. The summed E-state index contributed by atoms with van der Waals surface area (Å²) in [5.41, 5.74) is -0.764. The summed E-state index contributed by atoms with van der Waals surface area (Å²) < 4.78 is 4.97. The quantitative estimate of drug-likeness (QED) is 0.531. The van der Waals surface area contributed by atoms with Gasteiger partial charge in [-0.2, -0.15) is 0 Å². The maximum atomic E-state index is 10.6. The third kappa shape index (κ3) is 2.74. The summed E-state index contributed by atoms with van der Waals surface area (Å²) in [6.07, 6.45) is 0.989. The highest BCUT2D eigenvalue weighted by molar-refractivity contribution is 5.76. The summed E-state index contributed by atoms with van der Waals surface area (Å²) in [5, 5.41) is 8.95. The zero-order valence-corrected chi connectivity index (χ0v) is 8.89. The van der Waals surface area contributed by atoms with E-state index >= 15 is 0 Å². The molecule has 0 saturated carbocycles. The number of aliphatic hydroxyl groups excluding tert-OH is 1. The van der Waals surface area contributed by atoms with Crippen molar-refractivity contribution in [2.45, 2.75) is 39.2 Å². The van der Waals surface area contributed by atoms with Crippen molar-refractivity contribution < 1.29 is 14.6 Å². The maximum absolute atomic E-state index is 10.6. The van der Waals surface area contributed by atoms with E-state index in [-0.39, 0.29) is 18.0 Å². The molecule has 0 bridgehead atoms. The monoisotopic (exact) mass is 196 g/mol. The van der Waals surface area contributed by atoms with E-state index in [1.165, 1.54) is 0 Å². The van der Waals surface area contributed by atoms with Crippen LogP contribution in [-0.4, -0.2) is 23.3 Å². The Morgan fingerprint density at radius 1 is 1.64 bits per heavy atom. The predicted octanol–water partition coefficient (Wildman–Crippen LogP) is 1.10. The zero-order valence-electron chi connectivity index (χ0n) is 8.89. The lowest BCUT2D eigenvalue weighted by Crippen LogP contribution is -2.44. The van der Waals surface area contributed by atoms with Crippen molar-refractivity contribution >= 4 is 5.97 Å². The fourth-order valence-corrected chi connectivity index (χ4v) is 1.18. The number of hydrogen-bond acceptors (Lipinski definition) is 3. The van der Waals surface area contributed by atoms with Crippen LogP contribution in [0.5, 0.6) is 0 Å². The van der Waals surface area contributed by atoms with Gasteiger partial charge in [0.05, 0.1) is 13.0 Å².